The summed E-state index contributed by atoms with van der Waals surface area (Å²) in [6.07, 6.45) is 1.19. The van der Waals surface area contributed by atoms with Crippen molar-refractivity contribution in [3.8, 4) is 0 Å². The van der Waals surface area contributed by atoms with Crippen LogP contribution < -0.4 is 11.1 Å². The van der Waals surface area contributed by atoms with Gasteiger partial charge in [-0.2, -0.15) is 0 Å². The van der Waals surface area contributed by atoms with Crippen molar-refractivity contribution in [2.75, 3.05) is 11.1 Å². The lowest BCUT2D eigenvalue weighted by Crippen LogP contribution is -2.15. The van der Waals surface area contributed by atoms with E-state index < -0.39 is 22.5 Å². The number of pyridine rings is 1. The van der Waals surface area contributed by atoms with Crippen molar-refractivity contribution in [2.45, 2.75) is 0 Å². The van der Waals surface area contributed by atoms with Crippen molar-refractivity contribution >= 4 is 39.0 Å². The summed E-state index contributed by atoms with van der Waals surface area (Å²) in [4.78, 5) is 25.6. The summed E-state index contributed by atoms with van der Waals surface area (Å²) in [5.41, 5.74) is 4.91. The molecule has 0 unspecified atom stereocenters. The Balaban J connectivity index is 2.30. The number of nitro groups is 1. The van der Waals surface area contributed by atoms with Crippen LogP contribution in [0.4, 0.5) is 21.6 Å². The maximum atomic E-state index is 13.7. The molecule has 0 spiro atoms. The molecule has 108 valence electrons. The van der Waals surface area contributed by atoms with Crippen LogP contribution >= 0.6 is 15.9 Å². The van der Waals surface area contributed by atoms with Crippen molar-refractivity contribution in [1.29, 1.82) is 0 Å². The molecule has 1 aromatic heterocycles. The van der Waals surface area contributed by atoms with Crippen LogP contribution in [0.15, 0.2) is 34.9 Å². The van der Waals surface area contributed by atoms with Gasteiger partial charge in [0, 0.05) is 18.0 Å². The molecule has 9 heteroatoms. The first-order chi connectivity index (χ1) is 9.90. The molecule has 0 atom stereocenters. The van der Waals surface area contributed by atoms with Gasteiger partial charge >= 0.3 is 0 Å². The Hall–Kier alpha value is -2.55. The molecule has 0 radical (unpaired) electrons. The molecule has 0 bridgehead atoms. The second kappa shape index (κ2) is 5.83. The predicted octanol–water partition coefficient (Wildman–Crippen LogP) is 2.73. The van der Waals surface area contributed by atoms with Gasteiger partial charge in [-0.25, -0.2) is 9.37 Å². The summed E-state index contributed by atoms with van der Waals surface area (Å²) < 4.78 is 13.9. The van der Waals surface area contributed by atoms with Gasteiger partial charge in [0.2, 0.25) is 0 Å². The van der Waals surface area contributed by atoms with Crippen molar-refractivity contribution < 1.29 is 14.1 Å². The molecule has 21 heavy (non-hydrogen) atoms. The van der Waals surface area contributed by atoms with E-state index in [0.717, 1.165) is 12.1 Å². The predicted molar refractivity (Wildman–Crippen MR) is 77.4 cm³/mol. The quantitative estimate of drug-likeness (QED) is 0.650. The van der Waals surface area contributed by atoms with Crippen molar-refractivity contribution in [1.82, 2.24) is 4.98 Å². The van der Waals surface area contributed by atoms with Crippen LogP contribution in [-0.2, 0) is 0 Å². The highest BCUT2D eigenvalue weighted by Gasteiger charge is 2.17. The third kappa shape index (κ3) is 3.14. The van der Waals surface area contributed by atoms with Gasteiger partial charge in [-0.15, -0.1) is 0 Å². The first kappa shape index (κ1) is 14.9. The second-order valence-electron chi connectivity index (χ2n) is 3.94. The summed E-state index contributed by atoms with van der Waals surface area (Å²) >= 11 is 3.02. The highest BCUT2D eigenvalue weighted by Crippen LogP contribution is 2.28. The number of aromatic nitrogens is 1. The Bertz CT molecular complexity index is 738. The van der Waals surface area contributed by atoms with Crippen LogP contribution in [0.5, 0.6) is 0 Å². The SMILES string of the molecule is Nc1nccc(C(=O)Nc2ccc(Br)c([N+](=O)[O-])c2)c1F. The average molecular weight is 355 g/mol. The molecule has 1 amide bonds. The highest BCUT2D eigenvalue weighted by molar-refractivity contribution is 9.10. The number of nitrogens with zero attached hydrogens (tertiary/aromatic N) is 2. The minimum absolute atomic E-state index is 0.157. The molecule has 0 saturated carbocycles. The number of hydrogen-bond acceptors (Lipinski definition) is 5. The number of carbonyl (C=O) groups excluding carboxylic acids is 1. The van der Waals surface area contributed by atoms with E-state index in [1.54, 1.807) is 0 Å². The molecule has 1 aromatic carbocycles. The topological polar surface area (TPSA) is 111 Å². The Morgan fingerprint density at radius 2 is 2.14 bits per heavy atom. The van der Waals surface area contributed by atoms with Crippen LogP contribution in [0.25, 0.3) is 0 Å². The summed E-state index contributed by atoms with van der Waals surface area (Å²) in [7, 11) is 0. The van der Waals surface area contributed by atoms with E-state index in [9.17, 15) is 19.3 Å². The Kier molecular flexibility index (Phi) is 4.13. The first-order valence-electron chi connectivity index (χ1n) is 5.55. The van der Waals surface area contributed by atoms with Gasteiger partial charge in [0.25, 0.3) is 11.6 Å². The zero-order chi connectivity index (χ0) is 15.6. The van der Waals surface area contributed by atoms with E-state index in [4.69, 9.17) is 5.73 Å². The zero-order valence-corrected chi connectivity index (χ0v) is 11.9. The van der Waals surface area contributed by atoms with Gasteiger partial charge in [-0.3, -0.25) is 14.9 Å². The number of halogens is 2. The van der Waals surface area contributed by atoms with E-state index in [0.29, 0.717) is 0 Å². The van der Waals surface area contributed by atoms with Gasteiger partial charge in [0.05, 0.1) is 15.0 Å². The lowest BCUT2D eigenvalue weighted by molar-refractivity contribution is -0.385. The van der Waals surface area contributed by atoms with E-state index in [1.807, 2.05) is 0 Å². The van der Waals surface area contributed by atoms with Crippen LogP contribution in [-0.4, -0.2) is 15.8 Å². The zero-order valence-electron chi connectivity index (χ0n) is 10.3. The van der Waals surface area contributed by atoms with Gasteiger partial charge in [-0.1, -0.05) is 0 Å². The maximum Gasteiger partial charge on any atom is 0.285 e. The van der Waals surface area contributed by atoms with Crippen molar-refractivity contribution in [3.63, 3.8) is 0 Å². The standard InChI is InChI=1S/C12H8BrFN4O3/c13-8-2-1-6(5-9(8)18(20)21)17-12(19)7-3-4-16-11(15)10(7)14/h1-5H,(H2,15,16)(H,17,19). The summed E-state index contributed by atoms with van der Waals surface area (Å²) in [5, 5.41) is 13.2. The molecular weight excluding hydrogens is 347 g/mol. The summed E-state index contributed by atoms with van der Waals surface area (Å²) in [6, 6.07) is 5.17. The largest absolute Gasteiger partial charge is 0.381 e. The smallest absolute Gasteiger partial charge is 0.285 e. The fourth-order valence-corrected chi connectivity index (χ4v) is 1.96. The molecule has 2 aromatic rings. The molecule has 0 fully saturated rings. The number of carbonyl (C=O) groups is 1. The molecule has 7 nitrogen and oxygen atoms in total. The van der Waals surface area contributed by atoms with Gasteiger partial charge in [0.15, 0.2) is 11.6 Å². The monoisotopic (exact) mass is 354 g/mol. The molecule has 0 aliphatic heterocycles. The molecule has 0 aliphatic rings. The second-order valence-corrected chi connectivity index (χ2v) is 4.79. The van der Waals surface area contributed by atoms with Gasteiger partial charge in [-0.05, 0) is 34.1 Å². The van der Waals surface area contributed by atoms with E-state index in [2.05, 4.69) is 26.2 Å². The van der Waals surface area contributed by atoms with E-state index >= 15 is 0 Å². The number of hydrogen-bond donors (Lipinski definition) is 2. The number of anilines is 2. The number of benzene rings is 1. The van der Waals surface area contributed by atoms with Crippen LogP contribution in [0.2, 0.25) is 0 Å². The lowest BCUT2D eigenvalue weighted by atomic mass is 10.2. The normalized spacial score (nSPS) is 10.2. The number of rotatable bonds is 3. The third-order valence-electron chi connectivity index (χ3n) is 2.56. The number of nitrogen functional groups attached to an aromatic ring is 1. The number of nitrogens with one attached hydrogen (secondary N) is 1. The van der Waals surface area contributed by atoms with E-state index in [1.165, 1.54) is 18.3 Å². The molecule has 2 rings (SSSR count). The van der Waals surface area contributed by atoms with Crippen LogP contribution in [0.1, 0.15) is 10.4 Å². The van der Waals surface area contributed by atoms with Crippen LogP contribution in [0.3, 0.4) is 0 Å². The van der Waals surface area contributed by atoms with Crippen molar-refractivity contribution in [2.24, 2.45) is 0 Å². The first-order valence-corrected chi connectivity index (χ1v) is 6.34. The molecular formula is C12H8BrFN4O3. The molecule has 0 aliphatic carbocycles. The average Bonchev–Trinajstić information content (AvgIpc) is 2.43. The number of nitrogens with two attached hydrogens (primary N) is 1. The number of nitro benzene ring substituents is 1. The Morgan fingerprint density at radius 3 is 2.81 bits per heavy atom. The fraction of sp³-hybridized carbons (Fsp3) is 0. The summed E-state index contributed by atoms with van der Waals surface area (Å²) in [5.74, 6) is -2.12. The van der Waals surface area contributed by atoms with E-state index in [-0.39, 0.29) is 21.4 Å². The number of amides is 1. The third-order valence-corrected chi connectivity index (χ3v) is 3.23. The van der Waals surface area contributed by atoms with Crippen molar-refractivity contribution in [3.05, 3.63) is 56.4 Å². The van der Waals surface area contributed by atoms with Gasteiger partial charge in [0.1, 0.15) is 0 Å². The maximum absolute atomic E-state index is 13.7. The molecule has 0 saturated heterocycles. The molecule has 3 N–H and O–H groups in total. The minimum Gasteiger partial charge on any atom is -0.381 e. The summed E-state index contributed by atoms with van der Waals surface area (Å²) in [6.45, 7) is 0. The molecule has 1 heterocycles. The minimum atomic E-state index is -0.943. The highest BCUT2D eigenvalue weighted by atomic mass is 79.9. The van der Waals surface area contributed by atoms with Crippen LogP contribution in [0, 0.1) is 15.9 Å². The lowest BCUT2D eigenvalue weighted by Gasteiger charge is -2.07. The Morgan fingerprint density at radius 1 is 1.43 bits per heavy atom. The Labute approximate surface area is 126 Å². The fourth-order valence-electron chi connectivity index (χ4n) is 1.56. The van der Waals surface area contributed by atoms with Gasteiger partial charge < -0.3 is 11.1 Å².